The molecule has 24 heavy (non-hydrogen) atoms. The molecule has 0 amide bonds. The molecule has 0 radical (unpaired) electrons. The smallest absolute Gasteiger partial charge is 0.128 e. The fraction of sp³-hybridized carbons (Fsp3) is 0.600. The SMILES string of the molecule is CCN1CCCC(N2CCC(O)(C#Cc3cccc(Cl)c3)CC2)C1. The van der Waals surface area contributed by atoms with E-state index in [1.807, 2.05) is 24.3 Å². The summed E-state index contributed by atoms with van der Waals surface area (Å²) in [6, 6.07) is 8.14. The van der Waals surface area contributed by atoms with Crippen molar-refractivity contribution in [3.8, 4) is 11.8 Å². The van der Waals surface area contributed by atoms with E-state index in [1.54, 1.807) is 0 Å². The van der Waals surface area contributed by atoms with Crippen molar-refractivity contribution in [3.63, 3.8) is 0 Å². The van der Waals surface area contributed by atoms with Gasteiger partial charge in [0.2, 0.25) is 0 Å². The summed E-state index contributed by atoms with van der Waals surface area (Å²) in [6.45, 7) is 7.65. The van der Waals surface area contributed by atoms with Crippen LogP contribution in [0, 0.1) is 11.8 Å². The summed E-state index contributed by atoms with van der Waals surface area (Å²) < 4.78 is 0. The Morgan fingerprint density at radius 3 is 2.79 bits per heavy atom. The quantitative estimate of drug-likeness (QED) is 0.834. The number of rotatable bonds is 2. The monoisotopic (exact) mass is 346 g/mol. The van der Waals surface area contributed by atoms with E-state index in [-0.39, 0.29) is 0 Å². The lowest BCUT2D eigenvalue weighted by Crippen LogP contribution is -2.53. The molecule has 0 spiro atoms. The predicted octanol–water partition coefficient (Wildman–Crippen LogP) is 3.00. The third kappa shape index (κ3) is 4.52. The highest BCUT2D eigenvalue weighted by Crippen LogP contribution is 2.26. The molecule has 2 saturated heterocycles. The number of benzene rings is 1. The Morgan fingerprint density at radius 1 is 1.29 bits per heavy atom. The van der Waals surface area contributed by atoms with Crippen molar-refractivity contribution in [2.45, 2.75) is 44.2 Å². The lowest BCUT2D eigenvalue weighted by molar-refractivity contribution is -0.00130. The van der Waals surface area contributed by atoms with Crippen LogP contribution in [-0.4, -0.2) is 59.3 Å². The van der Waals surface area contributed by atoms with Crippen LogP contribution in [0.5, 0.6) is 0 Å². The van der Waals surface area contributed by atoms with Crippen LogP contribution in [0.15, 0.2) is 24.3 Å². The van der Waals surface area contributed by atoms with Gasteiger partial charge in [-0.3, -0.25) is 4.90 Å². The summed E-state index contributed by atoms with van der Waals surface area (Å²) in [6.07, 6.45) is 4.02. The van der Waals surface area contributed by atoms with Crippen LogP contribution in [0.1, 0.15) is 38.2 Å². The second-order valence-electron chi connectivity index (χ2n) is 7.02. The van der Waals surface area contributed by atoms with Crippen molar-refractivity contribution in [3.05, 3.63) is 34.9 Å². The van der Waals surface area contributed by atoms with Crippen LogP contribution in [0.3, 0.4) is 0 Å². The Bertz CT molecular complexity index is 614. The molecule has 2 heterocycles. The summed E-state index contributed by atoms with van der Waals surface area (Å²) in [5, 5.41) is 11.5. The van der Waals surface area contributed by atoms with Gasteiger partial charge in [0.15, 0.2) is 0 Å². The highest BCUT2D eigenvalue weighted by molar-refractivity contribution is 6.30. The maximum atomic E-state index is 10.8. The topological polar surface area (TPSA) is 26.7 Å². The predicted molar refractivity (Wildman–Crippen MR) is 99.2 cm³/mol. The second-order valence-corrected chi connectivity index (χ2v) is 7.45. The third-order valence-corrected chi connectivity index (χ3v) is 5.57. The molecule has 1 N–H and O–H groups in total. The number of piperidine rings is 2. The Hall–Kier alpha value is -1.05. The van der Waals surface area contributed by atoms with Crippen molar-refractivity contribution >= 4 is 11.6 Å². The zero-order chi connectivity index (χ0) is 17.0. The van der Waals surface area contributed by atoms with Crippen LogP contribution < -0.4 is 0 Å². The van der Waals surface area contributed by atoms with Gasteiger partial charge in [0.1, 0.15) is 5.60 Å². The normalized spacial score (nSPS) is 25.0. The van der Waals surface area contributed by atoms with Gasteiger partial charge in [-0.2, -0.15) is 0 Å². The van der Waals surface area contributed by atoms with Gasteiger partial charge in [-0.1, -0.05) is 36.4 Å². The molecular formula is C20H27ClN2O. The van der Waals surface area contributed by atoms with Crippen LogP contribution in [-0.2, 0) is 0 Å². The molecule has 1 aromatic rings. The molecule has 2 aliphatic heterocycles. The molecule has 130 valence electrons. The number of likely N-dealkylation sites (N-methyl/N-ethyl adjacent to an activating group) is 1. The van der Waals surface area contributed by atoms with E-state index < -0.39 is 5.60 Å². The van der Waals surface area contributed by atoms with Gasteiger partial charge in [-0.15, -0.1) is 0 Å². The van der Waals surface area contributed by atoms with Crippen molar-refractivity contribution in [2.24, 2.45) is 0 Å². The fourth-order valence-electron chi connectivity index (χ4n) is 3.76. The van der Waals surface area contributed by atoms with E-state index in [0.29, 0.717) is 11.1 Å². The Kier molecular flexibility index (Phi) is 5.84. The summed E-state index contributed by atoms with van der Waals surface area (Å²) in [5.74, 6) is 6.19. The maximum absolute atomic E-state index is 10.8. The summed E-state index contributed by atoms with van der Waals surface area (Å²) in [4.78, 5) is 5.09. The first kappa shape index (κ1) is 17.8. The van der Waals surface area contributed by atoms with Crippen molar-refractivity contribution in [2.75, 3.05) is 32.7 Å². The summed E-state index contributed by atoms with van der Waals surface area (Å²) in [5.41, 5.74) is 0.00185. The molecule has 2 aliphatic rings. The molecule has 3 nitrogen and oxygen atoms in total. The molecule has 1 atom stereocenters. The average molecular weight is 347 g/mol. The zero-order valence-corrected chi connectivity index (χ0v) is 15.2. The van der Waals surface area contributed by atoms with Crippen LogP contribution >= 0.6 is 11.6 Å². The minimum atomic E-state index is -0.863. The average Bonchev–Trinajstić information content (AvgIpc) is 2.61. The number of likely N-dealkylation sites (tertiary alicyclic amines) is 2. The fourth-order valence-corrected chi connectivity index (χ4v) is 3.95. The Labute approximate surface area is 150 Å². The number of aliphatic hydroxyl groups is 1. The molecule has 1 aromatic carbocycles. The number of hydrogen-bond acceptors (Lipinski definition) is 3. The summed E-state index contributed by atoms with van der Waals surface area (Å²) >= 11 is 5.99. The molecule has 3 rings (SSSR count). The number of nitrogens with zero attached hydrogens (tertiary/aromatic N) is 2. The van der Waals surface area contributed by atoms with Crippen LogP contribution in [0.2, 0.25) is 5.02 Å². The van der Waals surface area contributed by atoms with E-state index in [9.17, 15) is 5.11 Å². The molecule has 4 heteroatoms. The van der Waals surface area contributed by atoms with E-state index in [4.69, 9.17) is 11.6 Å². The molecule has 0 saturated carbocycles. The molecular weight excluding hydrogens is 320 g/mol. The minimum absolute atomic E-state index is 0.643. The Morgan fingerprint density at radius 2 is 2.08 bits per heavy atom. The zero-order valence-electron chi connectivity index (χ0n) is 14.5. The van der Waals surface area contributed by atoms with Gasteiger partial charge in [-0.05, 0) is 44.1 Å². The van der Waals surface area contributed by atoms with Gasteiger partial charge in [0, 0.05) is 49.1 Å². The second kappa shape index (κ2) is 7.89. The van der Waals surface area contributed by atoms with E-state index in [0.717, 1.165) is 38.0 Å². The number of halogens is 1. The van der Waals surface area contributed by atoms with Crippen molar-refractivity contribution in [1.29, 1.82) is 0 Å². The maximum Gasteiger partial charge on any atom is 0.128 e. The Balaban J connectivity index is 1.58. The van der Waals surface area contributed by atoms with E-state index >= 15 is 0 Å². The van der Waals surface area contributed by atoms with Gasteiger partial charge >= 0.3 is 0 Å². The first-order valence-electron chi connectivity index (χ1n) is 9.05. The van der Waals surface area contributed by atoms with Gasteiger partial charge < -0.3 is 10.0 Å². The minimum Gasteiger partial charge on any atom is -0.377 e. The molecule has 1 unspecified atom stereocenters. The lowest BCUT2D eigenvalue weighted by Gasteiger charge is -2.43. The van der Waals surface area contributed by atoms with Crippen molar-refractivity contribution in [1.82, 2.24) is 9.80 Å². The molecule has 2 fully saturated rings. The van der Waals surface area contributed by atoms with Crippen molar-refractivity contribution < 1.29 is 5.11 Å². The number of hydrogen-bond donors (Lipinski definition) is 1. The standard InChI is InChI=1S/C20H27ClN2O/c1-2-22-12-4-7-19(16-22)23-13-10-20(24,11-14-23)9-8-17-5-3-6-18(21)15-17/h3,5-6,15,19,24H,2,4,7,10-14,16H2,1H3. The molecule has 0 bridgehead atoms. The third-order valence-electron chi connectivity index (χ3n) is 5.33. The van der Waals surface area contributed by atoms with E-state index in [2.05, 4.69) is 28.6 Å². The van der Waals surface area contributed by atoms with Gasteiger partial charge in [0.25, 0.3) is 0 Å². The molecule has 0 aromatic heterocycles. The lowest BCUT2D eigenvalue weighted by atomic mass is 9.90. The van der Waals surface area contributed by atoms with E-state index in [1.165, 1.54) is 25.9 Å². The van der Waals surface area contributed by atoms with Gasteiger partial charge in [-0.25, -0.2) is 0 Å². The first-order valence-corrected chi connectivity index (χ1v) is 9.43. The van der Waals surface area contributed by atoms with Crippen LogP contribution in [0.25, 0.3) is 0 Å². The highest BCUT2D eigenvalue weighted by Gasteiger charge is 2.34. The highest BCUT2D eigenvalue weighted by atomic mass is 35.5. The largest absolute Gasteiger partial charge is 0.377 e. The summed E-state index contributed by atoms with van der Waals surface area (Å²) in [7, 11) is 0. The van der Waals surface area contributed by atoms with Gasteiger partial charge in [0.05, 0.1) is 0 Å². The van der Waals surface area contributed by atoms with Crippen LogP contribution in [0.4, 0.5) is 0 Å². The first-order chi connectivity index (χ1) is 11.6. The molecule has 0 aliphatic carbocycles.